The second-order valence-corrected chi connectivity index (χ2v) is 11.3. The topological polar surface area (TPSA) is 31.6 Å². The maximum absolute atomic E-state index is 6.57. The molecule has 0 bridgehead atoms. The molecule has 3 heterocycles. The molecular weight excluding hydrogens is 580 g/mol. The summed E-state index contributed by atoms with van der Waals surface area (Å²) in [6.45, 7) is 2.92. The number of hydrogen-bond donors (Lipinski definition) is 0. The van der Waals surface area contributed by atoms with Crippen LogP contribution in [0.15, 0.2) is 93.9 Å². The van der Waals surface area contributed by atoms with Crippen LogP contribution in [0.5, 0.6) is 0 Å². The van der Waals surface area contributed by atoms with Crippen molar-refractivity contribution in [2.75, 3.05) is 13.2 Å². The largest absolute Gasteiger partial charge is 0.372 e. The molecule has 0 aliphatic carbocycles. The van der Waals surface area contributed by atoms with Gasteiger partial charge < -0.3 is 18.6 Å². The van der Waals surface area contributed by atoms with E-state index < -0.39 is 0 Å². The molecule has 4 aromatic carbocycles. The van der Waals surface area contributed by atoms with E-state index in [0.29, 0.717) is 6.61 Å². The minimum atomic E-state index is -0.0282. The van der Waals surface area contributed by atoms with E-state index in [1.54, 1.807) is 0 Å². The summed E-state index contributed by atoms with van der Waals surface area (Å²) >= 11 is 7.33. The van der Waals surface area contributed by atoms with Crippen molar-refractivity contribution in [2.45, 2.75) is 25.3 Å². The number of rotatable bonds is 7. The van der Waals surface area contributed by atoms with Gasteiger partial charge in [-0.2, -0.15) is 0 Å². The summed E-state index contributed by atoms with van der Waals surface area (Å²) < 4.78 is 19.1. The highest BCUT2D eigenvalue weighted by molar-refractivity contribution is 9.10. The van der Waals surface area contributed by atoms with E-state index in [1.165, 1.54) is 43.6 Å². The highest BCUT2D eigenvalue weighted by Gasteiger charge is 2.26. The summed E-state index contributed by atoms with van der Waals surface area (Å²) in [4.78, 5) is 0. The Balaban J connectivity index is 1.35. The Morgan fingerprint density at radius 1 is 0.694 bits per heavy atom. The van der Waals surface area contributed by atoms with Gasteiger partial charge in [-0.1, -0.05) is 68.3 Å². The molecule has 0 amide bonds. The fourth-order valence-corrected chi connectivity index (χ4v) is 6.15. The molecule has 1 saturated heterocycles. The van der Waals surface area contributed by atoms with Gasteiger partial charge in [0.15, 0.2) is 0 Å². The number of benzene rings is 4. The summed E-state index contributed by atoms with van der Waals surface area (Å²) in [5.74, 6) is 0. The van der Waals surface area contributed by atoms with E-state index in [2.05, 4.69) is 126 Å². The minimum Gasteiger partial charge on any atom is -0.372 e. The smallest absolute Gasteiger partial charge is 0.104 e. The Kier molecular flexibility index (Phi) is 5.66. The lowest BCUT2D eigenvalue weighted by atomic mass is 10.2. The monoisotopic (exact) mass is 602 g/mol. The van der Waals surface area contributed by atoms with Crippen LogP contribution in [0.4, 0.5) is 0 Å². The molecule has 1 aliphatic heterocycles. The van der Waals surface area contributed by atoms with Gasteiger partial charge in [0.1, 0.15) is 6.10 Å². The summed E-state index contributed by atoms with van der Waals surface area (Å²) in [6.07, 6.45) is 0.190. The molecular formula is C30H24Br2N2O2. The number of epoxide rings is 1. The third kappa shape index (κ3) is 3.97. The maximum atomic E-state index is 6.57. The molecule has 0 spiro atoms. The number of ether oxygens (including phenoxy) is 2. The summed E-state index contributed by atoms with van der Waals surface area (Å²) in [6, 6.07) is 30.4. The zero-order valence-corrected chi connectivity index (χ0v) is 22.7. The normalized spacial score (nSPS) is 16.4. The SMILES string of the molecule is Brc1ccc2c(c1)c1cc(Br)ccc1n2CC(Cn1c2ccccc2c2ccccc21)OCC1CO1. The average Bonchev–Trinajstić information content (AvgIpc) is 3.62. The van der Waals surface area contributed by atoms with E-state index in [9.17, 15) is 0 Å². The first kappa shape index (κ1) is 22.5. The van der Waals surface area contributed by atoms with Crippen LogP contribution < -0.4 is 0 Å². The van der Waals surface area contributed by atoms with Crippen molar-refractivity contribution in [1.29, 1.82) is 0 Å². The van der Waals surface area contributed by atoms with Crippen molar-refractivity contribution in [1.82, 2.24) is 9.13 Å². The Morgan fingerprint density at radius 2 is 1.17 bits per heavy atom. The van der Waals surface area contributed by atoms with Crippen LogP contribution in [-0.4, -0.2) is 34.6 Å². The Bertz CT molecular complexity index is 1640. The molecule has 2 unspecified atom stereocenters. The van der Waals surface area contributed by atoms with Crippen LogP contribution in [0, 0.1) is 0 Å². The number of aromatic nitrogens is 2. The zero-order chi connectivity index (χ0) is 24.2. The van der Waals surface area contributed by atoms with Crippen molar-refractivity contribution >= 4 is 75.5 Å². The Morgan fingerprint density at radius 3 is 1.67 bits per heavy atom. The van der Waals surface area contributed by atoms with Crippen molar-refractivity contribution in [3.8, 4) is 0 Å². The Hall–Kier alpha value is -2.64. The molecule has 7 rings (SSSR count). The molecule has 2 aromatic heterocycles. The fraction of sp³-hybridized carbons (Fsp3) is 0.200. The van der Waals surface area contributed by atoms with E-state index >= 15 is 0 Å². The third-order valence-corrected chi connectivity index (χ3v) is 8.15. The van der Waals surface area contributed by atoms with Gasteiger partial charge in [0.2, 0.25) is 0 Å². The number of para-hydroxylation sites is 2. The lowest BCUT2D eigenvalue weighted by molar-refractivity contribution is 0.0239. The average molecular weight is 604 g/mol. The number of hydrogen-bond acceptors (Lipinski definition) is 2. The second-order valence-electron chi connectivity index (χ2n) is 9.49. The lowest BCUT2D eigenvalue weighted by Crippen LogP contribution is -2.27. The summed E-state index contributed by atoms with van der Waals surface area (Å²) in [5, 5.41) is 5.04. The van der Waals surface area contributed by atoms with E-state index in [1.807, 2.05) is 0 Å². The second kappa shape index (κ2) is 9.03. The number of halogens is 2. The van der Waals surface area contributed by atoms with Gasteiger partial charge in [-0.3, -0.25) is 0 Å². The van der Waals surface area contributed by atoms with Crippen LogP contribution >= 0.6 is 31.9 Å². The van der Waals surface area contributed by atoms with E-state index in [-0.39, 0.29) is 12.2 Å². The molecule has 36 heavy (non-hydrogen) atoms. The van der Waals surface area contributed by atoms with E-state index in [4.69, 9.17) is 9.47 Å². The molecule has 0 radical (unpaired) electrons. The summed E-state index contributed by atoms with van der Waals surface area (Å²) in [7, 11) is 0. The molecule has 180 valence electrons. The van der Waals surface area contributed by atoms with Gasteiger partial charge >= 0.3 is 0 Å². The molecule has 0 saturated carbocycles. The fourth-order valence-electron chi connectivity index (χ4n) is 5.42. The van der Waals surface area contributed by atoms with Crippen LogP contribution in [0.1, 0.15) is 0 Å². The first-order chi connectivity index (χ1) is 17.7. The van der Waals surface area contributed by atoms with Crippen LogP contribution in [0.25, 0.3) is 43.6 Å². The highest BCUT2D eigenvalue weighted by atomic mass is 79.9. The molecule has 2 atom stereocenters. The van der Waals surface area contributed by atoms with Gasteiger partial charge in [0, 0.05) is 52.6 Å². The molecule has 1 aliphatic rings. The summed E-state index contributed by atoms with van der Waals surface area (Å²) in [5.41, 5.74) is 4.91. The predicted octanol–water partition coefficient (Wildman–Crippen LogP) is 7.91. The number of fused-ring (bicyclic) bond motifs is 6. The third-order valence-electron chi connectivity index (χ3n) is 7.16. The van der Waals surface area contributed by atoms with Crippen molar-refractivity contribution in [3.63, 3.8) is 0 Å². The van der Waals surface area contributed by atoms with Gasteiger partial charge in [0.05, 0.1) is 32.4 Å². The van der Waals surface area contributed by atoms with Gasteiger partial charge in [-0.25, -0.2) is 0 Å². The number of nitrogens with zero attached hydrogens (tertiary/aromatic N) is 2. The molecule has 1 fully saturated rings. The standard InChI is InChI=1S/C30H24Br2N2O2/c31-19-9-11-29-25(13-19)26-14-20(32)10-12-30(26)34(29)16-21(35-17-22-18-36-22)15-33-27-7-3-1-5-23(27)24-6-2-4-8-28(24)33/h1-14,21-22H,15-18H2. The predicted molar refractivity (Wildman–Crippen MR) is 154 cm³/mol. The molecule has 4 nitrogen and oxygen atoms in total. The van der Waals surface area contributed by atoms with Crippen molar-refractivity contribution < 1.29 is 9.47 Å². The van der Waals surface area contributed by atoms with Crippen LogP contribution in [0.3, 0.4) is 0 Å². The molecule has 6 heteroatoms. The maximum Gasteiger partial charge on any atom is 0.104 e. The van der Waals surface area contributed by atoms with E-state index in [0.717, 1.165) is 28.6 Å². The minimum absolute atomic E-state index is 0.0282. The Labute approximate surface area is 225 Å². The van der Waals surface area contributed by atoms with Crippen LogP contribution in [-0.2, 0) is 22.6 Å². The van der Waals surface area contributed by atoms with Gasteiger partial charge in [-0.05, 0) is 48.5 Å². The zero-order valence-electron chi connectivity index (χ0n) is 19.5. The first-order valence-electron chi connectivity index (χ1n) is 12.2. The molecule has 0 N–H and O–H groups in total. The lowest BCUT2D eigenvalue weighted by Gasteiger charge is -2.22. The quantitative estimate of drug-likeness (QED) is 0.174. The first-order valence-corrected chi connectivity index (χ1v) is 13.8. The van der Waals surface area contributed by atoms with Gasteiger partial charge in [-0.15, -0.1) is 0 Å². The van der Waals surface area contributed by atoms with Crippen molar-refractivity contribution in [3.05, 3.63) is 93.9 Å². The highest BCUT2D eigenvalue weighted by Crippen LogP contribution is 2.34. The van der Waals surface area contributed by atoms with Gasteiger partial charge in [0.25, 0.3) is 0 Å². The van der Waals surface area contributed by atoms with Crippen molar-refractivity contribution in [2.24, 2.45) is 0 Å². The molecule has 6 aromatic rings. The van der Waals surface area contributed by atoms with Crippen LogP contribution in [0.2, 0.25) is 0 Å².